The first-order chi connectivity index (χ1) is 14.4. The molecule has 2 N–H and O–H groups in total. The van der Waals surface area contributed by atoms with E-state index in [2.05, 4.69) is 10.6 Å². The number of ether oxygens (including phenoxy) is 1. The third kappa shape index (κ3) is 5.51. The van der Waals surface area contributed by atoms with Gasteiger partial charge in [0.2, 0.25) is 5.91 Å². The molecule has 0 saturated heterocycles. The molecule has 0 aromatic heterocycles. The smallest absolute Gasteiger partial charge is 0.255 e. The zero-order chi connectivity index (χ0) is 21.5. The number of rotatable bonds is 6. The molecular weight excluding hydrogens is 390 g/mol. The molecule has 0 fully saturated rings. The monoisotopic (exact) mass is 408 g/mol. The van der Waals surface area contributed by atoms with Crippen molar-refractivity contribution in [1.29, 1.82) is 0 Å². The maximum Gasteiger partial charge on any atom is 0.255 e. The highest BCUT2D eigenvalue weighted by Crippen LogP contribution is 2.19. The molecule has 2 amide bonds. The van der Waals surface area contributed by atoms with Gasteiger partial charge in [-0.3, -0.25) is 9.59 Å². The number of halogens is 2. The van der Waals surface area contributed by atoms with Crippen molar-refractivity contribution < 1.29 is 23.1 Å². The number of hydrogen-bond acceptors (Lipinski definition) is 3. The van der Waals surface area contributed by atoms with Crippen LogP contribution in [0.3, 0.4) is 0 Å². The Labute approximate surface area is 172 Å². The van der Waals surface area contributed by atoms with Crippen molar-refractivity contribution in [1.82, 2.24) is 0 Å². The number of benzene rings is 3. The Hall–Kier alpha value is -4.00. The molecule has 0 aliphatic carbocycles. The van der Waals surface area contributed by atoms with E-state index in [1.807, 2.05) is 0 Å². The maximum absolute atomic E-state index is 13.7. The molecule has 0 unspecified atom stereocenters. The minimum absolute atomic E-state index is 0.116. The molecule has 3 aromatic rings. The largest absolute Gasteiger partial charge is 0.494 e. The number of anilines is 2. The van der Waals surface area contributed by atoms with Crippen LogP contribution in [0.4, 0.5) is 20.2 Å². The summed E-state index contributed by atoms with van der Waals surface area (Å²) in [6, 6.07) is 16.2. The lowest BCUT2D eigenvalue weighted by atomic mass is 10.1. The normalized spacial score (nSPS) is 10.6. The summed E-state index contributed by atoms with van der Waals surface area (Å²) in [5, 5.41) is 5.22. The van der Waals surface area contributed by atoms with Crippen LogP contribution in [0.15, 0.2) is 72.8 Å². The number of nitrogens with one attached hydrogen (secondary N) is 2. The second kappa shape index (κ2) is 9.47. The first-order valence-electron chi connectivity index (χ1n) is 8.94. The van der Waals surface area contributed by atoms with Gasteiger partial charge in [-0.05, 0) is 60.2 Å². The summed E-state index contributed by atoms with van der Waals surface area (Å²) >= 11 is 0. The number of methoxy groups -OCH3 is 1. The molecule has 3 rings (SSSR count). The molecule has 0 saturated carbocycles. The van der Waals surface area contributed by atoms with Gasteiger partial charge in [0.15, 0.2) is 11.6 Å². The SMILES string of the molecule is COc1ccc(/C=C/C(=O)Nc2cccc(C(=O)Nc3cccc(F)c3)c2)cc1F. The molecule has 152 valence electrons. The van der Waals surface area contributed by atoms with Crippen molar-refractivity contribution in [2.45, 2.75) is 0 Å². The summed E-state index contributed by atoms with van der Waals surface area (Å²) in [6.07, 6.45) is 2.71. The van der Waals surface area contributed by atoms with E-state index in [1.165, 1.54) is 55.7 Å². The van der Waals surface area contributed by atoms with E-state index in [0.29, 0.717) is 22.5 Å². The zero-order valence-corrected chi connectivity index (χ0v) is 16.0. The van der Waals surface area contributed by atoms with Gasteiger partial charge in [0, 0.05) is 23.0 Å². The van der Waals surface area contributed by atoms with E-state index in [1.54, 1.807) is 30.3 Å². The third-order valence-corrected chi connectivity index (χ3v) is 4.08. The molecule has 3 aromatic carbocycles. The van der Waals surface area contributed by atoms with Crippen LogP contribution in [-0.4, -0.2) is 18.9 Å². The second-order valence-corrected chi connectivity index (χ2v) is 6.26. The summed E-state index contributed by atoms with van der Waals surface area (Å²) in [5.41, 5.74) is 1.51. The van der Waals surface area contributed by atoms with Crippen molar-refractivity contribution in [2.24, 2.45) is 0 Å². The standard InChI is InChI=1S/C23H18F2N2O3/c1-30-21-10-8-15(12-20(21)25)9-11-22(28)26-18-6-2-4-16(13-18)23(29)27-19-7-3-5-17(24)14-19/h2-14H,1H3,(H,26,28)(H,27,29)/b11-9+. The molecule has 30 heavy (non-hydrogen) atoms. The van der Waals surface area contributed by atoms with Crippen LogP contribution >= 0.6 is 0 Å². The average Bonchev–Trinajstić information content (AvgIpc) is 2.72. The fraction of sp³-hybridized carbons (Fsp3) is 0.0435. The molecular formula is C23H18F2N2O3. The molecule has 0 aliphatic heterocycles. The molecule has 7 heteroatoms. The van der Waals surface area contributed by atoms with Crippen molar-refractivity contribution in [3.05, 3.63) is 95.6 Å². The summed E-state index contributed by atoms with van der Waals surface area (Å²) in [7, 11) is 1.37. The number of carbonyl (C=O) groups excluding carboxylic acids is 2. The van der Waals surface area contributed by atoms with Crippen LogP contribution in [0.25, 0.3) is 6.08 Å². The maximum atomic E-state index is 13.7. The van der Waals surface area contributed by atoms with Gasteiger partial charge in [-0.25, -0.2) is 8.78 Å². The summed E-state index contributed by atoms with van der Waals surface area (Å²) in [5.74, 6) is -1.77. The van der Waals surface area contributed by atoms with Gasteiger partial charge in [-0.1, -0.05) is 18.2 Å². The van der Waals surface area contributed by atoms with E-state index in [4.69, 9.17) is 4.74 Å². The Balaban J connectivity index is 1.65. The van der Waals surface area contributed by atoms with E-state index in [0.717, 1.165) is 0 Å². The summed E-state index contributed by atoms with van der Waals surface area (Å²) < 4.78 is 31.8. The van der Waals surface area contributed by atoms with Gasteiger partial charge in [0.05, 0.1) is 7.11 Å². The average molecular weight is 408 g/mol. The highest BCUT2D eigenvalue weighted by molar-refractivity contribution is 6.06. The molecule has 0 atom stereocenters. The van der Waals surface area contributed by atoms with Crippen LogP contribution < -0.4 is 15.4 Å². The minimum Gasteiger partial charge on any atom is -0.494 e. The van der Waals surface area contributed by atoms with Crippen LogP contribution in [0.2, 0.25) is 0 Å². The first-order valence-corrected chi connectivity index (χ1v) is 8.94. The molecule has 0 heterocycles. The Morgan fingerprint density at radius 3 is 2.33 bits per heavy atom. The molecule has 0 spiro atoms. The Kier molecular flexibility index (Phi) is 6.54. The minimum atomic E-state index is -0.530. The number of hydrogen-bond donors (Lipinski definition) is 2. The van der Waals surface area contributed by atoms with E-state index in [9.17, 15) is 18.4 Å². The van der Waals surface area contributed by atoms with Crippen molar-refractivity contribution >= 4 is 29.3 Å². The predicted molar refractivity (Wildman–Crippen MR) is 111 cm³/mol. The highest BCUT2D eigenvalue weighted by Gasteiger charge is 2.08. The zero-order valence-electron chi connectivity index (χ0n) is 16.0. The fourth-order valence-corrected chi connectivity index (χ4v) is 2.65. The van der Waals surface area contributed by atoms with Gasteiger partial charge in [0.25, 0.3) is 5.91 Å². The summed E-state index contributed by atoms with van der Waals surface area (Å²) in [4.78, 5) is 24.5. The lowest BCUT2D eigenvalue weighted by Crippen LogP contribution is -2.13. The van der Waals surface area contributed by atoms with E-state index >= 15 is 0 Å². The van der Waals surface area contributed by atoms with Crippen molar-refractivity contribution in [3.8, 4) is 5.75 Å². The lowest BCUT2D eigenvalue weighted by molar-refractivity contribution is -0.111. The Bertz CT molecular complexity index is 1110. The van der Waals surface area contributed by atoms with Crippen LogP contribution in [0.5, 0.6) is 5.75 Å². The fourth-order valence-electron chi connectivity index (χ4n) is 2.65. The lowest BCUT2D eigenvalue weighted by Gasteiger charge is -2.08. The van der Waals surface area contributed by atoms with Gasteiger partial charge < -0.3 is 15.4 Å². The molecule has 0 aliphatic rings. The molecule has 0 radical (unpaired) electrons. The summed E-state index contributed by atoms with van der Waals surface area (Å²) in [6.45, 7) is 0. The van der Waals surface area contributed by atoms with Crippen LogP contribution in [-0.2, 0) is 4.79 Å². The Morgan fingerprint density at radius 1 is 0.900 bits per heavy atom. The highest BCUT2D eigenvalue weighted by atomic mass is 19.1. The van der Waals surface area contributed by atoms with Gasteiger partial charge in [-0.2, -0.15) is 0 Å². The van der Waals surface area contributed by atoms with E-state index in [-0.39, 0.29) is 5.75 Å². The van der Waals surface area contributed by atoms with Crippen LogP contribution in [0, 0.1) is 11.6 Å². The van der Waals surface area contributed by atoms with Gasteiger partial charge in [-0.15, -0.1) is 0 Å². The third-order valence-electron chi connectivity index (χ3n) is 4.08. The van der Waals surface area contributed by atoms with Gasteiger partial charge >= 0.3 is 0 Å². The topological polar surface area (TPSA) is 67.4 Å². The van der Waals surface area contributed by atoms with E-state index < -0.39 is 23.4 Å². The Morgan fingerprint density at radius 2 is 1.63 bits per heavy atom. The van der Waals surface area contributed by atoms with Crippen LogP contribution in [0.1, 0.15) is 15.9 Å². The first kappa shape index (κ1) is 20.7. The van der Waals surface area contributed by atoms with Crippen molar-refractivity contribution in [2.75, 3.05) is 17.7 Å². The predicted octanol–water partition coefficient (Wildman–Crippen LogP) is 4.88. The number of amides is 2. The van der Waals surface area contributed by atoms with Crippen molar-refractivity contribution in [3.63, 3.8) is 0 Å². The molecule has 0 bridgehead atoms. The number of carbonyl (C=O) groups is 2. The van der Waals surface area contributed by atoms with Gasteiger partial charge in [0.1, 0.15) is 5.82 Å². The quantitative estimate of drug-likeness (QED) is 0.572. The second-order valence-electron chi connectivity index (χ2n) is 6.26. The molecule has 5 nitrogen and oxygen atoms in total.